The predicted octanol–water partition coefficient (Wildman–Crippen LogP) is -1.85. The van der Waals surface area contributed by atoms with Crippen molar-refractivity contribution in [1.82, 2.24) is 20.4 Å². The molecule has 19 heavy (non-hydrogen) atoms. The van der Waals surface area contributed by atoms with Crippen LogP contribution in [0, 0.1) is 0 Å². The lowest BCUT2D eigenvalue weighted by Gasteiger charge is -2.38. The molecule has 7 nitrogen and oxygen atoms in total. The Hall–Kier alpha value is -1.47. The fourth-order valence-corrected chi connectivity index (χ4v) is 2.45. The Bertz CT molecular complexity index is 392. The molecule has 0 aliphatic carbocycles. The number of hydrogen-bond donors (Lipinski definition) is 2. The lowest BCUT2D eigenvalue weighted by atomic mass is 10.1. The van der Waals surface area contributed by atoms with Crippen LogP contribution >= 0.6 is 0 Å². The van der Waals surface area contributed by atoms with Crippen LogP contribution in [-0.4, -0.2) is 72.3 Å². The van der Waals surface area contributed by atoms with Crippen molar-refractivity contribution in [3.05, 3.63) is 0 Å². The first kappa shape index (κ1) is 14.0. The van der Waals surface area contributed by atoms with Crippen molar-refractivity contribution < 1.29 is 14.4 Å². The van der Waals surface area contributed by atoms with Crippen LogP contribution in [0.15, 0.2) is 0 Å². The molecule has 0 aromatic heterocycles. The molecule has 2 heterocycles. The van der Waals surface area contributed by atoms with Gasteiger partial charge in [-0.25, -0.2) is 0 Å². The summed E-state index contributed by atoms with van der Waals surface area (Å²) in [4.78, 5) is 38.8. The van der Waals surface area contributed by atoms with Crippen molar-refractivity contribution in [2.24, 2.45) is 0 Å². The zero-order chi connectivity index (χ0) is 14.0. The molecule has 0 saturated carbocycles. The Labute approximate surface area is 112 Å². The molecule has 2 unspecified atom stereocenters. The molecule has 2 aliphatic heterocycles. The summed E-state index contributed by atoms with van der Waals surface area (Å²) in [5.74, 6) is -0.973. The topological polar surface area (TPSA) is 81.8 Å². The molecule has 0 aromatic rings. The summed E-state index contributed by atoms with van der Waals surface area (Å²) >= 11 is 0. The van der Waals surface area contributed by atoms with Gasteiger partial charge in [0.15, 0.2) is 0 Å². The third-order valence-corrected chi connectivity index (χ3v) is 3.76. The summed E-state index contributed by atoms with van der Waals surface area (Å²) in [6.45, 7) is 6.74. The fraction of sp³-hybridized carbons (Fsp3) is 0.750. The van der Waals surface area contributed by atoms with Crippen molar-refractivity contribution in [3.8, 4) is 0 Å². The molecule has 106 valence electrons. The molecule has 0 spiro atoms. The minimum atomic E-state index is -0.587. The number of rotatable bonds is 2. The van der Waals surface area contributed by atoms with Gasteiger partial charge >= 0.3 is 0 Å². The predicted molar refractivity (Wildman–Crippen MR) is 68.2 cm³/mol. The van der Waals surface area contributed by atoms with E-state index < -0.39 is 17.9 Å². The smallest absolute Gasteiger partial charge is 0.249 e. The lowest BCUT2D eigenvalue weighted by molar-refractivity contribution is -0.152. The van der Waals surface area contributed by atoms with Gasteiger partial charge in [-0.15, -0.1) is 0 Å². The Kier molecular flexibility index (Phi) is 4.16. The fourth-order valence-electron chi connectivity index (χ4n) is 2.45. The molecule has 3 amide bonds. The van der Waals surface area contributed by atoms with Gasteiger partial charge in [-0.2, -0.15) is 0 Å². The summed E-state index contributed by atoms with van der Waals surface area (Å²) < 4.78 is 0. The van der Waals surface area contributed by atoms with Crippen LogP contribution in [0.25, 0.3) is 0 Å². The summed E-state index contributed by atoms with van der Waals surface area (Å²) in [7, 11) is 0. The van der Waals surface area contributed by atoms with Crippen LogP contribution in [-0.2, 0) is 14.4 Å². The average Bonchev–Trinajstić information content (AvgIpc) is 2.42. The van der Waals surface area contributed by atoms with E-state index in [1.165, 1.54) is 4.90 Å². The van der Waals surface area contributed by atoms with Gasteiger partial charge in [-0.1, -0.05) is 0 Å². The minimum absolute atomic E-state index is 0.0395. The summed E-state index contributed by atoms with van der Waals surface area (Å²) in [6.07, 6.45) is 0. The van der Waals surface area contributed by atoms with E-state index >= 15 is 0 Å². The van der Waals surface area contributed by atoms with Crippen LogP contribution in [0.1, 0.15) is 13.8 Å². The van der Waals surface area contributed by atoms with Crippen molar-refractivity contribution in [1.29, 1.82) is 0 Å². The molecule has 2 aliphatic rings. The lowest BCUT2D eigenvalue weighted by Crippen LogP contribution is -2.62. The first-order valence-electron chi connectivity index (χ1n) is 6.59. The molecule has 2 N–H and O–H groups in total. The second-order valence-corrected chi connectivity index (χ2v) is 5.02. The molecule has 0 aromatic carbocycles. The van der Waals surface area contributed by atoms with E-state index in [1.54, 1.807) is 6.92 Å². The van der Waals surface area contributed by atoms with E-state index in [9.17, 15) is 14.4 Å². The number of carbonyl (C=O) groups excluding carboxylic acids is 3. The van der Waals surface area contributed by atoms with Crippen LogP contribution < -0.4 is 10.6 Å². The normalized spacial score (nSPS) is 27.1. The second kappa shape index (κ2) is 5.66. The maximum atomic E-state index is 12.4. The van der Waals surface area contributed by atoms with Gasteiger partial charge in [-0.05, 0) is 13.8 Å². The standard InChI is InChI=1S/C12H20N4O3/c1-8-11(18)14-10(17)7-16(8)12(19)9(2)15-5-3-13-4-6-15/h8-9,13H,3-7H2,1-2H3,(H,14,17,18). The number of carbonyl (C=O) groups is 3. The molecule has 2 saturated heterocycles. The van der Waals surface area contributed by atoms with E-state index in [0.717, 1.165) is 26.2 Å². The van der Waals surface area contributed by atoms with Gasteiger partial charge in [0, 0.05) is 26.2 Å². The maximum absolute atomic E-state index is 12.4. The largest absolute Gasteiger partial charge is 0.320 e. The highest BCUT2D eigenvalue weighted by Gasteiger charge is 2.37. The first-order valence-corrected chi connectivity index (χ1v) is 6.59. The van der Waals surface area contributed by atoms with Gasteiger partial charge in [0.05, 0.1) is 6.04 Å². The van der Waals surface area contributed by atoms with Crippen LogP contribution in [0.5, 0.6) is 0 Å². The quantitative estimate of drug-likeness (QED) is 0.575. The van der Waals surface area contributed by atoms with E-state index in [1.807, 2.05) is 6.92 Å². The highest BCUT2D eigenvalue weighted by molar-refractivity contribution is 6.04. The van der Waals surface area contributed by atoms with E-state index in [0.29, 0.717) is 0 Å². The van der Waals surface area contributed by atoms with Gasteiger partial charge in [0.25, 0.3) is 0 Å². The number of hydrogen-bond acceptors (Lipinski definition) is 5. The number of piperazine rings is 2. The zero-order valence-corrected chi connectivity index (χ0v) is 11.3. The Morgan fingerprint density at radius 1 is 1.32 bits per heavy atom. The number of imide groups is 1. The summed E-state index contributed by atoms with van der Waals surface area (Å²) in [5.41, 5.74) is 0. The highest BCUT2D eigenvalue weighted by atomic mass is 16.2. The molecule has 2 rings (SSSR count). The third kappa shape index (κ3) is 2.93. The minimum Gasteiger partial charge on any atom is -0.320 e. The SMILES string of the molecule is CC(C(=O)N1CC(=O)NC(=O)C1C)N1CCNCC1. The molecule has 0 bridgehead atoms. The summed E-state index contributed by atoms with van der Waals surface area (Å²) in [6, 6.07) is -0.890. The van der Waals surface area contributed by atoms with Crippen molar-refractivity contribution in [3.63, 3.8) is 0 Å². The number of nitrogens with one attached hydrogen (secondary N) is 2. The Morgan fingerprint density at radius 3 is 2.58 bits per heavy atom. The third-order valence-electron chi connectivity index (χ3n) is 3.76. The molecule has 7 heteroatoms. The maximum Gasteiger partial charge on any atom is 0.249 e. The summed E-state index contributed by atoms with van der Waals surface area (Å²) in [5, 5.41) is 5.46. The Morgan fingerprint density at radius 2 is 1.95 bits per heavy atom. The molecular weight excluding hydrogens is 248 g/mol. The van der Waals surface area contributed by atoms with Gasteiger partial charge < -0.3 is 10.2 Å². The molecule has 2 fully saturated rings. The van der Waals surface area contributed by atoms with E-state index in [4.69, 9.17) is 0 Å². The number of amides is 3. The van der Waals surface area contributed by atoms with Crippen LogP contribution in [0.3, 0.4) is 0 Å². The van der Waals surface area contributed by atoms with Crippen molar-refractivity contribution in [2.75, 3.05) is 32.7 Å². The molecule has 0 radical (unpaired) electrons. The van der Waals surface area contributed by atoms with Gasteiger partial charge in [0.2, 0.25) is 17.7 Å². The van der Waals surface area contributed by atoms with Gasteiger partial charge in [0.1, 0.15) is 12.6 Å². The first-order chi connectivity index (χ1) is 9.00. The second-order valence-electron chi connectivity index (χ2n) is 5.02. The molecular formula is C12H20N4O3. The van der Waals surface area contributed by atoms with Crippen LogP contribution in [0.4, 0.5) is 0 Å². The van der Waals surface area contributed by atoms with E-state index in [-0.39, 0.29) is 18.5 Å². The van der Waals surface area contributed by atoms with Crippen LogP contribution in [0.2, 0.25) is 0 Å². The van der Waals surface area contributed by atoms with Crippen molar-refractivity contribution in [2.45, 2.75) is 25.9 Å². The van der Waals surface area contributed by atoms with E-state index in [2.05, 4.69) is 15.5 Å². The Balaban J connectivity index is 2.04. The average molecular weight is 268 g/mol. The van der Waals surface area contributed by atoms with Gasteiger partial charge in [-0.3, -0.25) is 24.6 Å². The number of nitrogens with zero attached hydrogens (tertiary/aromatic N) is 2. The zero-order valence-electron chi connectivity index (χ0n) is 11.3. The monoisotopic (exact) mass is 268 g/mol. The van der Waals surface area contributed by atoms with Crippen molar-refractivity contribution >= 4 is 17.7 Å². The molecule has 2 atom stereocenters. The highest BCUT2D eigenvalue weighted by Crippen LogP contribution is 2.11.